The first-order valence-corrected chi connectivity index (χ1v) is 11.3. The number of anilines is 1. The van der Waals surface area contributed by atoms with E-state index in [9.17, 15) is 22.7 Å². The van der Waals surface area contributed by atoms with E-state index in [0.29, 0.717) is 16.7 Å². The molecule has 2 amide bonds. The second-order valence-corrected chi connectivity index (χ2v) is 9.23. The number of carbonyl (C=O) groups excluding carboxylic acids is 1. The zero-order valence-electron chi connectivity index (χ0n) is 17.8. The summed E-state index contributed by atoms with van der Waals surface area (Å²) >= 11 is 0. The molecule has 3 aromatic rings. The minimum atomic E-state index is -4.28. The van der Waals surface area contributed by atoms with Crippen LogP contribution in [0, 0.1) is 5.82 Å². The lowest BCUT2D eigenvalue weighted by molar-refractivity contribution is 0.168. The first-order chi connectivity index (χ1) is 15.1. The van der Waals surface area contributed by atoms with Crippen molar-refractivity contribution in [3.05, 3.63) is 60.3 Å². The van der Waals surface area contributed by atoms with Crippen LogP contribution in [0.5, 0.6) is 0 Å². The van der Waals surface area contributed by atoms with E-state index in [4.69, 9.17) is 0 Å². The van der Waals surface area contributed by atoms with Crippen LogP contribution in [0.1, 0.15) is 32.3 Å². The van der Waals surface area contributed by atoms with Gasteiger partial charge in [-0.2, -0.15) is 13.5 Å². The van der Waals surface area contributed by atoms with Crippen LogP contribution in [0.4, 0.5) is 14.9 Å². The summed E-state index contributed by atoms with van der Waals surface area (Å²) in [7, 11) is -4.28. The normalized spacial score (nSPS) is 12.6. The number of pyridine rings is 1. The van der Waals surface area contributed by atoms with Crippen LogP contribution in [0.3, 0.4) is 0 Å². The molecule has 0 aliphatic rings. The van der Waals surface area contributed by atoms with Crippen LogP contribution in [-0.4, -0.2) is 40.4 Å². The number of benzene rings is 1. The lowest BCUT2D eigenvalue weighted by Gasteiger charge is -2.19. The number of aliphatic hydroxyl groups is 1. The third kappa shape index (κ3) is 5.48. The topological polar surface area (TPSA) is 126 Å². The Morgan fingerprint density at radius 1 is 1.25 bits per heavy atom. The summed E-state index contributed by atoms with van der Waals surface area (Å²) in [6, 6.07) is 6.13. The van der Waals surface area contributed by atoms with E-state index in [2.05, 4.69) is 15.4 Å². The van der Waals surface area contributed by atoms with Crippen LogP contribution in [-0.2, 0) is 16.6 Å². The molecule has 2 aromatic heterocycles. The molecule has 0 saturated carbocycles. The number of aromatic nitrogens is 3. The summed E-state index contributed by atoms with van der Waals surface area (Å²) in [4.78, 5) is 16.7. The molecular formula is C21H24FN5O4S. The van der Waals surface area contributed by atoms with E-state index in [1.807, 2.05) is 18.6 Å². The zero-order chi connectivity index (χ0) is 23.5. The summed E-state index contributed by atoms with van der Waals surface area (Å²) in [5.41, 5.74) is 1.71. The monoisotopic (exact) mass is 461 g/mol. The van der Waals surface area contributed by atoms with Gasteiger partial charge >= 0.3 is 6.03 Å². The molecular weight excluding hydrogens is 437 g/mol. The summed E-state index contributed by atoms with van der Waals surface area (Å²) in [6.07, 6.45) is 3.75. The predicted octanol–water partition coefficient (Wildman–Crippen LogP) is 3.10. The van der Waals surface area contributed by atoms with Crippen molar-refractivity contribution in [1.29, 1.82) is 0 Å². The lowest BCUT2D eigenvalue weighted by atomic mass is 9.94. The van der Waals surface area contributed by atoms with Gasteiger partial charge in [-0.1, -0.05) is 19.9 Å². The van der Waals surface area contributed by atoms with Gasteiger partial charge in [-0.3, -0.25) is 9.67 Å². The Morgan fingerprint density at radius 3 is 2.62 bits per heavy atom. The molecule has 11 heteroatoms. The average molecular weight is 462 g/mol. The zero-order valence-corrected chi connectivity index (χ0v) is 18.6. The summed E-state index contributed by atoms with van der Waals surface area (Å²) in [6.45, 7) is 5.30. The van der Waals surface area contributed by atoms with E-state index in [1.165, 1.54) is 42.2 Å². The molecule has 0 spiro atoms. The number of hydrogen-bond donors (Lipinski definition) is 3. The Bertz CT molecular complexity index is 1210. The Kier molecular flexibility index (Phi) is 6.90. The Balaban J connectivity index is 1.91. The smallest absolute Gasteiger partial charge is 0.333 e. The third-order valence-electron chi connectivity index (χ3n) is 4.54. The molecule has 0 radical (unpaired) electrons. The van der Waals surface area contributed by atoms with E-state index >= 15 is 0 Å². The second kappa shape index (κ2) is 9.45. The Hall–Kier alpha value is -3.31. The van der Waals surface area contributed by atoms with Gasteiger partial charge in [0, 0.05) is 29.7 Å². The number of sulfonamides is 1. The van der Waals surface area contributed by atoms with Crippen molar-refractivity contribution < 1.29 is 22.7 Å². The van der Waals surface area contributed by atoms with E-state index < -0.39 is 28.0 Å². The van der Waals surface area contributed by atoms with Gasteiger partial charge in [-0.15, -0.1) is 0 Å². The largest absolute Gasteiger partial charge is 0.391 e. The molecule has 3 rings (SSSR count). The molecule has 9 nitrogen and oxygen atoms in total. The number of hydrogen-bond acceptors (Lipinski definition) is 6. The second-order valence-electron chi connectivity index (χ2n) is 7.60. The highest BCUT2D eigenvalue weighted by atomic mass is 32.2. The molecule has 32 heavy (non-hydrogen) atoms. The fraction of sp³-hybridized carbons (Fsp3) is 0.286. The molecule has 2 heterocycles. The first kappa shape index (κ1) is 23.4. The highest BCUT2D eigenvalue weighted by Crippen LogP contribution is 2.35. The van der Waals surface area contributed by atoms with Gasteiger partial charge in [0.1, 0.15) is 5.82 Å². The predicted molar refractivity (Wildman–Crippen MR) is 117 cm³/mol. The number of urea groups is 1. The van der Waals surface area contributed by atoms with Gasteiger partial charge in [0.15, 0.2) is 5.03 Å². The highest BCUT2D eigenvalue weighted by Gasteiger charge is 2.23. The molecule has 0 bridgehead atoms. The fourth-order valence-electron chi connectivity index (χ4n) is 3.14. The summed E-state index contributed by atoms with van der Waals surface area (Å²) in [5, 5.41) is 15.5. The molecule has 0 aliphatic carbocycles. The maximum absolute atomic E-state index is 14.3. The first-order valence-electron chi connectivity index (χ1n) is 9.86. The summed E-state index contributed by atoms with van der Waals surface area (Å²) in [5.74, 6) is -0.654. The number of halogens is 1. The van der Waals surface area contributed by atoms with Gasteiger partial charge in [-0.05, 0) is 42.7 Å². The van der Waals surface area contributed by atoms with Crippen LogP contribution in [0.15, 0.2) is 53.9 Å². The third-order valence-corrected chi connectivity index (χ3v) is 5.76. The van der Waals surface area contributed by atoms with Crippen molar-refractivity contribution in [1.82, 2.24) is 19.5 Å². The van der Waals surface area contributed by atoms with Crippen molar-refractivity contribution in [2.75, 3.05) is 5.32 Å². The van der Waals surface area contributed by atoms with Crippen molar-refractivity contribution in [3.63, 3.8) is 0 Å². The van der Waals surface area contributed by atoms with Gasteiger partial charge in [0.05, 0.1) is 18.3 Å². The van der Waals surface area contributed by atoms with Crippen LogP contribution >= 0.6 is 0 Å². The molecule has 0 aliphatic heterocycles. The number of rotatable bonds is 7. The van der Waals surface area contributed by atoms with Crippen LogP contribution in [0.25, 0.3) is 11.1 Å². The van der Waals surface area contributed by atoms with Crippen molar-refractivity contribution in [2.24, 2.45) is 0 Å². The van der Waals surface area contributed by atoms with Crippen LogP contribution in [0.2, 0.25) is 0 Å². The van der Waals surface area contributed by atoms with Crippen molar-refractivity contribution in [3.8, 4) is 11.1 Å². The number of nitrogens with one attached hydrogen (secondary N) is 2. The maximum atomic E-state index is 14.3. The molecule has 1 unspecified atom stereocenters. The maximum Gasteiger partial charge on any atom is 0.333 e. The molecule has 1 aromatic carbocycles. The SMILES string of the molecule is CC(O)Cn1ccc(S(=O)(=O)NC(=O)Nc2c(-c3cccnc3)cc(F)cc2C(C)C)n1. The fourth-order valence-corrected chi connectivity index (χ4v) is 4.00. The van der Waals surface area contributed by atoms with E-state index in [1.54, 1.807) is 18.3 Å². The van der Waals surface area contributed by atoms with Crippen molar-refractivity contribution in [2.45, 2.75) is 44.4 Å². The van der Waals surface area contributed by atoms with Crippen LogP contribution < -0.4 is 10.0 Å². The molecule has 0 fully saturated rings. The number of amides is 2. The number of aliphatic hydroxyl groups excluding tert-OH is 1. The molecule has 170 valence electrons. The standard InChI is InChI=1S/C21H24FN5O4S/c1-13(2)17-9-16(22)10-18(15-5-4-7-23-11-15)20(17)24-21(29)26-32(30,31)19-6-8-27(25-19)12-14(3)28/h4-11,13-14,28H,12H2,1-3H3,(H2,24,26,29). The van der Waals surface area contributed by atoms with E-state index in [0.717, 1.165) is 0 Å². The van der Waals surface area contributed by atoms with Gasteiger partial charge in [0.25, 0.3) is 10.0 Å². The Morgan fingerprint density at radius 2 is 2.00 bits per heavy atom. The van der Waals surface area contributed by atoms with Gasteiger partial charge < -0.3 is 10.4 Å². The lowest BCUT2D eigenvalue weighted by Crippen LogP contribution is -2.35. The minimum absolute atomic E-state index is 0.101. The highest BCUT2D eigenvalue weighted by molar-refractivity contribution is 7.90. The van der Waals surface area contributed by atoms with Gasteiger partial charge in [0.2, 0.25) is 0 Å². The summed E-state index contributed by atoms with van der Waals surface area (Å²) < 4.78 is 42.6. The number of carbonyl (C=O) groups is 1. The minimum Gasteiger partial charge on any atom is -0.391 e. The molecule has 0 saturated heterocycles. The van der Waals surface area contributed by atoms with Crippen molar-refractivity contribution >= 4 is 21.7 Å². The molecule has 3 N–H and O–H groups in total. The number of nitrogens with zero attached hydrogens (tertiary/aromatic N) is 3. The van der Waals surface area contributed by atoms with Gasteiger partial charge in [-0.25, -0.2) is 13.9 Å². The van der Waals surface area contributed by atoms with E-state index in [-0.39, 0.29) is 23.2 Å². The average Bonchev–Trinajstić information content (AvgIpc) is 3.18. The Labute approximate surface area is 185 Å². The molecule has 1 atom stereocenters. The quantitative estimate of drug-likeness (QED) is 0.496.